The summed E-state index contributed by atoms with van der Waals surface area (Å²) < 4.78 is 12.7. The van der Waals surface area contributed by atoms with E-state index in [2.05, 4.69) is 14.9 Å². The Morgan fingerprint density at radius 2 is 2.10 bits per heavy atom. The summed E-state index contributed by atoms with van der Waals surface area (Å²) >= 11 is 0. The first-order valence-corrected chi connectivity index (χ1v) is 9.65. The minimum atomic E-state index is -0.704. The van der Waals surface area contributed by atoms with Gasteiger partial charge in [0.25, 0.3) is 5.91 Å². The van der Waals surface area contributed by atoms with Crippen molar-refractivity contribution in [3.63, 3.8) is 0 Å². The highest BCUT2D eigenvalue weighted by Gasteiger charge is 2.24. The van der Waals surface area contributed by atoms with Gasteiger partial charge in [-0.3, -0.25) is 14.3 Å². The Labute approximate surface area is 173 Å². The van der Waals surface area contributed by atoms with Crippen LogP contribution in [0.2, 0.25) is 0 Å². The zero-order valence-electron chi connectivity index (χ0n) is 16.7. The summed E-state index contributed by atoms with van der Waals surface area (Å²) in [6, 6.07) is 4.86. The fourth-order valence-corrected chi connectivity index (χ4v) is 3.54. The van der Waals surface area contributed by atoms with Crippen LogP contribution in [-0.2, 0) is 4.74 Å². The molecule has 3 heterocycles. The number of aromatic nitrogens is 3. The lowest BCUT2D eigenvalue weighted by Crippen LogP contribution is -2.38. The van der Waals surface area contributed by atoms with Crippen molar-refractivity contribution in [3.05, 3.63) is 35.5 Å². The first-order valence-electron chi connectivity index (χ1n) is 9.65. The van der Waals surface area contributed by atoms with Crippen LogP contribution in [0.25, 0.3) is 16.9 Å². The molecule has 0 bridgehead atoms. The molecule has 1 aliphatic rings. The quantitative estimate of drug-likeness (QED) is 0.540. The van der Waals surface area contributed by atoms with Crippen LogP contribution < -0.4 is 16.2 Å². The number of ether oxygens (including phenoxy) is 2. The summed E-state index contributed by atoms with van der Waals surface area (Å²) in [7, 11) is 0. The fourth-order valence-electron chi connectivity index (χ4n) is 3.54. The number of amides is 1. The molecule has 10 nitrogen and oxygen atoms in total. The second-order valence-electron chi connectivity index (χ2n) is 7.11. The van der Waals surface area contributed by atoms with Crippen LogP contribution in [0, 0.1) is 6.92 Å². The minimum absolute atomic E-state index is 0.0587. The highest BCUT2D eigenvalue weighted by Crippen LogP contribution is 2.32. The average molecular weight is 412 g/mol. The monoisotopic (exact) mass is 412 g/mol. The third-order valence-electron chi connectivity index (χ3n) is 5.12. The van der Waals surface area contributed by atoms with E-state index in [1.807, 2.05) is 6.92 Å². The maximum absolute atomic E-state index is 12.0. The zero-order chi connectivity index (χ0) is 21.3. The number of phenolic OH excluding ortho intramolecular Hbond substituents is 1. The maximum atomic E-state index is 12.0. The van der Waals surface area contributed by atoms with Gasteiger partial charge < -0.3 is 26.0 Å². The molecule has 5 N–H and O–H groups in total. The summed E-state index contributed by atoms with van der Waals surface area (Å²) in [4.78, 5) is 23.2. The summed E-state index contributed by atoms with van der Waals surface area (Å²) in [5.74, 6) is -0.229. The van der Waals surface area contributed by atoms with Crippen molar-refractivity contribution in [2.45, 2.75) is 6.92 Å². The lowest BCUT2D eigenvalue weighted by molar-refractivity contribution is 0.0320. The number of phenols is 1. The Morgan fingerprint density at radius 1 is 1.33 bits per heavy atom. The van der Waals surface area contributed by atoms with E-state index < -0.39 is 5.91 Å². The van der Waals surface area contributed by atoms with Gasteiger partial charge in [0.2, 0.25) is 5.88 Å². The van der Waals surface area contributed by atoms with E-state index in [1.54, 1.807) is 22.8 Å². The lowest BCUT2D eigenvalue weighted by Gasteiger charge is -2.26. The number of carbonyl (C=O) groups is 1. The standard InChI is InChI=1S/C20H24N6O4/c1-12-2-3-13(27)10-14(12)26-18(21)16(19(22)28)17-20(26)24-15(11-23-17)30-9-6-25-4-7-29-8-5-25/h2-3,10-11,27H,4-9,21H2,1H3,(H2,22,28). The summed E-state index contributed by atoms with van der Waals surface area (Å²) in [6.07, 6.45) is 1.45. The third-order valence-corrected chi connectivity index (χ3v) is 5.12. The number of nitrogen functional groups attached to an aromatic ring is 1. The highest BCUT2D eigenvalue weighted by molar-refractivity contribution is 6.09. The van der Waals surface area contributed by atoms with E-state index >= 15 is 0 Å². The van der Waals surface area contributed by atoms with Crippen molar-refractivity contribution < 1.29 is 19.4 Å². The summed E-state index contributed by atoms with van der Waals surface area (Å²) in [6.45, 7) is 6.21. The van der Waals surface area contributed by atoms with Crippen molar-refractivity contribution in [2.75, 3.05) is 45.2 Å². The number of hydrogen-bond donors (Lipinski definition) is 3. The summed E-state index contributed by atoms with van der Waals surface area (Å²) in [5, 5.41) is 9.95. The number of aromatic hydroxyl groups is 1. The van der Waals surface area contributed by atoms with E-state index in [1.165, 1.54) is 6.20 Å². The smallest absolute Gasteiger partial charge is 0.254 e. The van der Waals surface area contributed by atoms with Gasteiger partial charge in [-0.1, -0.05) is 6.07 Å². The lowest BCUT2D eigenvalue weighted by atomic mass is 10.2. The van der Waals surface area contributed by atoms with Crippen LogP contribution >= 0.6 is 0 Å². The number of nitrogens with two attached hydrogens (primary N) is 2. The Balaban J connectivity index is 1.70. The van der Waals surface area contributed by atoms with Gasteiger partial charge in [0.15, 0.2) is 5.65 Å². The molecule has 0 aliphatic carbocycles. The highest BCUT2D eigenvalue weighted by atomic mass is 16.5. The van der Waals surface area contributed by atoms with E-state index in [0.29, 0.717) is 23.8 Å². The molecule has 0 unspecified atom stereocenters. The topological polar surface area (TPSA) is 142 Å². The molecule has 2 aromatic heterocycles. The van der Waals surface area contributed by atoms with E-state index in [0.717, 1.165) is 38.4 Å². The second-order valence-corrected chi connectivity index (χ2v) is 7.11. The SMILES string of the molecule is Cc1ccc(O)cc1-n1c(N)c(C(N)=O)c2ncc(OCCN3CCOCC3)nc21. The number of carbonyl (C=O) groups excluding carboxylic acids is 1. The molecule has 158 valence electrons. The number of nitrogens with zero attached hydrogens (tertiary/aromatic N) is 4. The number of rotatable bonds is 6. The number of anilines is 1. The predicted octanol–water partition coefficient (Wildman–Crippen LogP) is 0.827. The number of benzene rings is 1. The number of aryl methyl sites for hydroxylation is 1. The Morgan fingerprint density at radius 3 is 2.83 bits per heavy atom. The van der Waals surface area contributed by atoms with Gasteiger partial charge in [-0.15, -0.1) is 0 Å². The van der Waals surface area contributed by atoms with Gasteiger partial charge in [0.1, 0.15) is 29.3 Å². The average Bonchev–Trinajstić information content (AvgIpc) is 3.02. The van der Waals surface area contributed by atoms with Crippen LogP contribution in [0.4, 0.5) is 5.82 Å². The number of fused-ring (bicyclic) bond motifs is 1. The van der Waals surface area contributed by atoms with Gasteiger partial charge in [-0.2, -0.15) is 4.98 Å². The van der Waals surface area contributed by atoms with Gasteiger partial charge in [-0.25, -0.2) is 4.98 Å². The molecule has 0 spiro atoms. The first kappa shape index (κ1) is 19.9. The molecule has 0 saturated carbocycles. The van der Waals surface area contributed by atoms with Crippen molar-refractivity contribution in [2.24, 2.45) is 5.73 Å². The molecule has 1 aromatic carbocycles. The first-order chi connectivity index (χ1) is 14.5. The number of morpholine rings is 1. The van der Waals surface area contributed by atoms with E-state index in [9.17, 15) is 9.90 Å². The molecule has 0 radical (unpaired) electrons. The van der Waals surface area contributed by atoms with Crippen molar-refractivity contribution in [3.8, 4) is 17.3 Å². The van der Waals surface area contributed by atoms with Crippen molar-refractivity contribution in [1.29, 1.82) is 0 Å². The second kappa shape index (κ2) is 8.17. The van der Waals surface area contributed by atoms with Gasteiger partial charge >= 0.3 is 0 Å². The molecule has 3 aromatic rings. The molecular weight excluding hydrogens is 388 g/mol. The molecule has 1 saturated heterocycles. The van der Waals surface area contributed by atoms with Crippen LogP contribution in [0.3, 0.4) is 0 Å². The maximum Gasteiger partial charge on any atom is 0.254 e. The van der Waals surface area contributed by atoms with Crippen LogP contribution in [0.15, 0.2) is 24.4 Å². The molecule has 0 atom stereocenters. The normalized spacial score (nSPS) is 14.8. The minimum Gasteiger partial charge on any atom is -0.508 e. The Kier molecular flexibility index (Phi) is 5.42. The molecule has 10 heteroatoms. The van der Waals surface area contributed by atoms with E-state index in [4.69, 9.17) is 20.9 Å². The molecule has 1 aliphatic heterocycles. The molecule has 30 heavy (non-hydrogen) atoms. The summed E-state index contributed by atoms with van der Waals surface area (Å²) in [5.41, 5.74) is 13.9. The zero-order valence-corrected chi connectivity index (χ0v) is 16.7. The largest absolute Gasteiger partial charge is 0.508 e. The van der Waals surface area contributed by atoms with Crippen molar-refractivity contribution in [1.82, 2.24) is 19.4 Å². The predicted molar refractivity (Wildman–Crippen MR) is 111 cm³/mol. The molecule has 1 amide bonds. The molecule has 4 rings (SSSR count). The van der Waals surface area contributed by atoms with Gasteiger partial charge in [-0.05, 0) is 18.6 Å². The Hall–Kier alpha value is -3.37. The molecule has 1 fully saturated rings. The van der Waals surface area contributed by atoms with Crippen LogP contribution in [0.5, 0.6) is 11.6 Å². The van der Waals surface area contributed by atoms with Crippen molar-refractivity contribution >= 4 is 22.9 Å². The number of hydrogen-bond acceptors (Lipinski definition) is 8. The fraction of sp³-hybridized carbons (Fsp3) is 0.350. The van der Waals surface area contributed by atoms with Crippen LogP contribution in [-0.4, -0.2) is 69.9 Å². The molecular formula is C20H24N6O4. The third kappa shape index (κ3) is 3.74. The number of primary amides is 1. The van der Waals surface area contributed by atoms with E-state index in [-0.39, 0.29) is 22.6 Å². The Bertz CT molecular complexity index is 1090. The van der Waals surface area contributed by atoms with Gasteiger partial charge in [0.05, 0.1) is 25.1 Å². The van der Waals surface area contributed by atoms with Crippen LogP contribution in [0.1, 0.15) is 15.9 Å². The van der Waals surface area contributed by atoms with Gasteiger partial charge in [0, 0.05) is 25.7 Å².